The Labute approximate surface area is 126 Å². The minimum Gasteiger partial charge on any atom is -0.351 e. The number of hydrogen-bond donors (Lipinski definition) is 1. The van der Waals surface area contributed by atoms with E-state index in [1.165, 1.54) is 43.4 Å². The highest BCUT2D eigenvalue weighted by molar-refractivity contribution is 5.33. The van der Waals surface area contributed by atoms with Gasteiger partial charge in [-0.15, -0.1) is 0 Å². The smallest absolute Gasteiger partial charge is 0.203 e. The van der Waals surface area contributed by atoms with Gasteiger partial charge in [-0.2, -0.15) is 5.10 Å². The van der Waals surface area contributed by atoms with E-state index in [1.54, 1.807) is 0 Å². The van der Waals surface area contributed by atoms with Crippen LogP contribution < -0.4 is 5.32 Å². The van der Waals surface area contributed by atoms with Crippen LogP contribution in [0.5, 0.6) is 0 Å². The van der Waals surface area contributed by atoms with E-state index in [-0.39, 0.29) is 0 Å². The zero-order valence-corrected chi connectivity index (χ0v) is 13.3. The fraction of sp³-hybridized carbons (Fsp3) is 0.625. The molecule has 0 unspecified atom stereocenters. The van der Waals surface area contributed by atoms with Crippen LogP contribution in [-0.2, 0) is 13.6 Å². The van der Waals surface area contributed by atoms with Crippen molar-refractivity contribution >= 4 is 5.95 Å². The van der Waals surface area contributed by atoms with Gasteiger partial charge in [-0.05, 0) is 26.7 Å². The van der Waals surface area contributed by atoms with Crippen LogP contribution in [0.3, 0.4) is 0 Å². The maximum absolute atomic E-state index is 4.50. The van der Waals surface area contributed by atoms with E-state index in [2.05, 4.69) is 40.0 Å². The lowest BCUT2D eigenvalue weighted by Gasteiger charge is -2.24. The van der Waals surface area contributed by atoms with Gasteiger partial charge in [0.1, 0.15) is 0 Å². The maximum Gasteiger partial charge on any atom is 0.203 e. The van der Waals surface area contributed by atoms with E-state index >= 15 is 0 Å². The zero-order chi connectivity index (χ0) is 14.8. The van der Waals surface area contributed by atoms with E-state index < -0.39 is 0 Å². The molecule has 0 spiro atoms. The van der Waals surface area contributed by atoms with Gasteiger partial charge in [0, 0.05) is 43.3 Å². The van der Waals surface area contributed by atoms with Crippen LogP contribution in [0.1, 0.15) is 55.1 Å². The van der Waals surface area contributed by atoms with Crippen molar-refractivity contribution in [1.29, 1.82) is 0 Å². The molecule has 2 heterocycles. The predicted molar refractivity (Wildman–Crippen MR) is 84.4 cm³/mol. The Morgan fingerprint density at radius 3 is 2.67 bits per heavy atom. The van der Waals surface area contributed by atoms with Gasteiger partial charge in [0.05, 0.1) is 5.69 Å². The topological polar surface area (TPSA) is 47.7 Å². The van der Waals surface area contributed by atoms with Crippen LogP contribution in [0.4, 0.5) is 5.95 Å². The summed E-state index contributed by atoms with van der Waals surface area (Å²) in [5.74, 6) is 0.990. The molecule has 1 N–H and O–H groups in total. The van der Waals surface area contributed by atoms with Crippen molar-refractivity contribution in [1.82, 2.24) is 19.3 Å². The largest absolute Gasteiger partial charge is 0.351 e. The minimum atomic E-state index is 0.611. The second kappa shape index (κ2) is 5.92. The maximum atomic E-state index is 4.50. The first kappa shape index (κ1) is 14.2. The Hall–Kier alpha value is -1.78. The summed E-state index contributed by atoms with van der Waals surface area (Å²) in [6.45, 7) is 4.97. The van der Waals surface area contributed by atoms with Gasteiger partial charge in [-0.25, -0.2) is 4.98 Å². The normalized spacial score (nSPS) is 16.3. The molecule has 5 heteroatoms. The Morgan fingerprint density at radius 2 is 2.00 bits per heavy atom. The highest BCUT2D eigenvalue weighted by Crippen LogP contribution is 2.30. The Morgan fingerprint density at radius 1 is 1.24 bits per heavy atom. The fourth-order valence-electron chi connectivity index (χ4n) is 3.34. The van der Waals surface area contributed by atoms with Crippen molar-refractivity contribution in [2.24, 2.45) is 7.05 Å². The quantitative estimate of drug-likeness (QED) is 0.938. The average molecular weight is 287 g/mol. The molecule has 3 rings (SSSR count). The molecule has 2 aromatic heterocycles. The van der Waals surface area contributed by atoms with Crippen LogP contribution in [0.15, 0.2) is 12.4 Å². The molecular weight excluding hydrogens is 262 g/mol. The van der Waals surface area contributed by atoms with Crippen molar-refractivity contribution in [3.05, 3.63) is 29.3 Å². The van der Waals surface area contributed by atoms with Gasteiger partial charge in [0.25, 0.3) is 0 Å². The molecule has 1 aliphatic rings. The molecule has 0 amide bonds. The molecule has 0 aromatic carbocycles. The summed E-state index contributed by atoms with van der Waals surface area (Å²) in [5, 5.41) is 7.97. The number of imidazole rings is 1. The first-order valence-electron chi connectivity index (χ1n) is 7.92. The summed E-state index contributed by atoms with van der Waals surface area (Å²) in [4.78, 5) is 4.50. The third-order valence-corrected chi connectivity index (χ3v) is 4.72. The highest BCUT2D eigenvalue weighted by Gasteiger charge is 2.18. The van der Waals surface area contributed by atoms with Crippen molar-refractivity contribution in [2.45, 2.75) is 58.5 Å². The lowest BCUT2D eigenvalue weighted by Crippen LogP contribution is -2.15. The lowest BCUT2D eigenvalue weighted by atomic mass is 9.95. The molecule has 5 nitrogen and oxygen atoms in total. The summed E-state index contributed by atoms with van der Waals surface area (Å²) >= 11 is 0. The summed E-state index contributed by atoms with van der Waals surface area (Å²) < 4.78 is 4.26. The molecule has 0 aliphatic heterocycles. The number of aromatic nitrogens is 4. The van der Waals surface area contributed by atoms with Crippen LogP contribution in [0.2, 0.25) is 0 Å². The molecule has 114 valence electrons. The Kier molecular flexibility index (Phi) is 3.99. The SMILES string of the molecule is Cc1nn(C)c(C)c1CNc1nccn1C1CCCCC1. The number of hydrogen-bond acceptors (Lipinski definition) is 3. The van der Waals surface area contributed by atoms with E-state index in [4.69, 9.17) is 0 Å². The van der Waals surface area contributed by atoms with Crippen molar-refractivity contribution in [2.75, 3.05) is 5.32 Å². The third kappa shape index (κ3) is 2.82. The standard InChI is InChI=1S/C16H25N5/c1-12-15(13(2)20(3)19-12)11-18-16-17-9-10-21(16)14-7-5-4-6-8-14/h9-10,14H,4-8,11H2,1-3H3,(H,17,18). The van der Waals surface area contributed by atoms with Gasteiger partial charge < -0.3 is 9.88 Å². The second-order valence-corrected chi connectivity index (χ2v) is 6.08. The average Bonchev–Trinajstić information content (AvgIpc) is 3.04. The van der Waals surface area contributed by atoms with Crippen LogP contribution >= 0.6 is 0 Å². The van der Waals surface area contributed by atoms with Gasteiger partial charge >= 0.3 is 0 Å². The van der Waals surface area contributed by atoms with Crippen molar-refractivity contribution in [3.63, 3.8) is 0 Å². The molecule has 2 aromatic rings. The van der Waals surface area contributed by atoms with Gasteiger partial charge in [-0.1, -0.05) is 19.3 Å². The first-order chi connectivity index (χ1) is 10.2. The van der Waals surface area contributed by atoms with Crippen molar-refractivity contribution in [3.8, 4) is 0 Å². The summed E-state index contributed by atoms with van der Waals surface area (Å²) in [5.41, 5.74) is 3.59. The van der Waals surface area contributed by atoms with E-state index in [0.29, 0.717) is 6.04 Å². The molecule has 1 aliphatic carbocycles. The molecule has 1 saturated carbocycles. The van der Waals surface area contributed by atoms with Crippen LogP contribution in [0, 0.1) is 13.8 Å². The molecule has 0 radical (unpaired) electrons. The van der Waals surface area contributed by atoms with E-state index in [0.717, 1.165) is 18.2 Å². The van der Waals surface area contributed by atoms with Gasteiger partial charge in [0.15, 0.2) is 0 Å². The first-order valence-corrected chi connectivity index (χ1v) is 7.92. The minimum absolute atomic E-state index is 0.611. The molecule has 21 heavy (non-hydrogen) atoms. The van der Waals surface area contributed by atoms with Crippen LogP contribution in [-0.4, -0.2) is 19.3 Å². The number of nitrogens with one attached hydrogen (secondary N) is 1. The Bertz CT molecular complexity index is 604. The molecule has 0 bridgehead atoms. The highest BCUT2D eigenvalue weighted by atomic mass is 15.3. The van der Waals surface area contributed by atoms with Gasteiger partial charge in [-0.3, -0.25) is 4.68 Å². The monoisotopic (exact) mass is 287 g/mol. The second-order valence-electron chi connectivity index (χ2n) is 6.08. The van der Waals surface area contributed by atoms with Crippen molar-refractivity contribution < 1.29 is 0 Å². The third-order valence-electron chi connectivity index (χ3n) is 4.72. The number of aryl methyl sites for hydroxylation is 2. The lowest BCUT2D eigenvalue weighted by molar-refractivity contribution is 0.356. The van der Waals surface area contributed by atoms with Crippen LogP contribution in [0.25, 0.3) is 0 Å². The molecular formula is C16H25N5. The van der Waals surface area contributed by atoms with E-state index in [1.807, 2.05) is 17.9 Å². The zero-order valence-electron chi connectivity index (χ0n) is 13.3. The van der Waals surface area contributed by atoms with E-state index in [9.17, 15) is 0 Å². The molecule has 1 fully saturated rings. The summed E-state index contributed by atoms with van der Waals surface area (Å²) in [7, 11) is 1.99. The Balaban J connectivity index is 1.72. The number of rotatable bonds is 4. The molecule has 0 saturated heterocycles. The summed E-state index contributed by atoms with van der Waals surface area (Å²) in [6.07, 6.45) is 10.6. The fourth-order valence-corrected chi connectivity index (χ4v) is 3.34. The number of anilines is 1. The molecule has 0 atom stereocenters. The predicted octanol–water partition coefficient (Wildman–Crippen LogP) is 3.35. The van der Waals surface area contributed by atoms with Gasteiger partial charge in [0.2, 0.25) is 5.95 Å². The number of nitrogens with zero attached hydrogens (tertiary/aromatic N) is 4. The summed E-state index contributed by atoms with van der Waals surface area (Å²) in [6, 6.07) is 0.611.